The van der Waals surface area contributed by atoms with Crippen molar-refractivity contribution in [3.8, 4) is 0 Å². The Morgan fingerprint density at radius 2 is 1.67 bits per heavy atom. The molecule has 1 heterocycles. The number of carbonyl (C=O) groups is 2. The van der Waals surface area contributed by atoms with Crippen LogP contribution in [0.4, 0.5) is 0 Å². The number of likely N-dealkylation sites (tertiary alicyclic amines) is 1. The van der Waals surface area contributed by atoms with E-state index in [-0.39, 0.29) is 23.9 Å². The molecule has 4 heteroatoms. The van der Waals surface area contributed by atoms with Crippen LogP contribution in [0.5, 0.6) is 0 Å². The predicted molar refractivity (Wildman–Crippen MR) is 91.2 cm³/mol. The molecule has 0 radical (unpaired) electrons. The number of rotatable bonds is 4. The Bertz CT molecular complexity index is 480. The number of hydrogen-bond donors (Lipinski definition) is 0. The monoisotopic (exact) mass is 333 g/mol. The van der Waals surface area contributed by atoms with Gasteiger partial charge < -0.3 is 9.64 Å². The third kappa shape index (κ3) is 2.86. The highest BCUT2D eigenvalue weighted by atomic mass is 16.5. The van der Waals surface area contributed by atoms with E-state index in [0.29, 0.717) is 6.04 Å². The van der Waals surface area contributed by atoms with Gasteiger partial charge in [-0.05, 0) is 82.0 Å². The lowest BCUT2D eigenvalue weighted by Crippen LogP contribution is -2.51. The van der Waals surface area contributed by atoms with Gasteiger partial charge in [-0.25, -0.2) is 0 Å². The van der Waals surface area contributed by atoms with Crippen molar-refractivity contribution in [3.63, 3.8) is 0 Å². The molecular formula is C20H31NO3. The molecule has 134 valence electrons. The lowest BCUT2D eigenvalue weighted by Gasteiger charge is -2.55. The Morgan fingerprint density at radius 1 is 1.04 bits per heavy atom. The summed E-state index contributed by atoms with van der Waals surface area (Å²) < 4.78 is 5.60. The zero-order valence-corrected chi connectivity index (χ0v) is 15.0. The van der Waals surface area contributed by atoms with E-state index in [1.165, 1.54) is 25.7 Å². The first kappa shape index (κ1) is 16.4. The van der Waals surface area contributed by atoms with Gasteiger partial charge in [-0.1, -0.05) is 6.92 Å². The fourth-order valence-electron chi connectivity index (χ4n) is 6.48. The van der Waals surface area contributed by atoms with E-state index in [4.69, 9.17) is 4.74 Å². The Balaban J connectivity index is 1.36. The summed E-state index contributed by atoms with van der Waals surface area (Å²) in [5.74, 6) is 2.13. The van der Waals surface area contributed by atoms with Gasteiger partial charge in [0.15, 0.2) is 6.61 Å². The van der Waals surface area contributed by atoms with Crippen molar-refractivity contribution in [2.45, 2.75) is 77.2 Å². The number of piperidine rings is 1. The fraction of sp³-hybridized carbons (Fsp3) is 0.900. The van der Waals surface area contributed by atoms with Crippen LogP contribution in [-0.4, -0.2) is 36.0 Å². The fourth-order valence-corrected chi connectivity index (χ4v) is 6.48. The minimum Gasteiger partial charge on any atom is -0.455 e. The molecule has 4 aliphatic carbocycles. The van der Waals surface area contributed by atoms with Gasteiger partial charge in [0.2, 0.25) is 0 Å². The maximum absolute atomic E-state index is 12.8. The van der Waals surface area contributed by atoms with Gasteiger partial charge in [-0.3, -0.25) is 9.59 Å². The molecule has 1 unspecified atom stereocenters. The van der Waals surface area contributed by atoms with Crippen LogP contribution in [0.3, 0.4) is 0 Å². The molecule has 5 rings (SSSR count). The second-order valence-corrected chi connectivity index (χ2v) is 8.92. The van der Waals surface area contributed by atoms with Crippen LogP contribution in [0.2, 0.25) is 0 Å². The molecule has 0 aromatic rings. The van der Waals surface area contributed by atoms with Crippen LogP contribution in [-0.2, 0) is 14.3 Å². The Morgan fingerprint density at radius 3 is 2.25 bits per heavy atom. The summed E-state index contributed by atoms with van der Waals surface area (Å²) in [5.41, 5.74) is -0.249. The highest BCUT2D eigenvalue weighted by Gasteiger charge is 2.55. The number of nitrogens with zero attached hydrogens (tertiary/aromatic N) is 1. The Labute approximate surface area is 145 Å². The van der Waals surface area contributed by atoms with Gasteiger partial charge in [0.05, 0.1) is 5.41 Å². The topological polar surface area (TPSA) is 46.6 Å². The van der Waals surface area contributed by atoms with Crippen LogP contribution in [0.15, 0.2) is 0 Å². The summed E-state index contributed by atoms with van der Waals surface area (Å²) in [4.78, 5) is 27.3. The standard InChI is InChI=1S/C20H31NO3/c1-2-17-5-3-4-6-21(17)18(22)13-24-19(23)20-10-14-7-15(11-20)9-16(8-14)12-20/h14-17H,2-13H2,1H3. The average molecular weight is 333 g/mol. The Hall–Kier alpha value is -1.06. The van der Waals surface area contributed by atoms with E-state index in [2.05, 4.69) is 6.92 Å². The molecule has 4 nitrogen and oxygen atoms in total. The zero-order chi connectivity index (χ0) is 16.7. The van der Waals surface area contributed by atoms with Crippen molar-refractivity contribution in [1.29, 1.82) is 0 Å². The van der Waals surface area contributed by atoms with E-state index in [9.17, 15) is 9.59 Å². The maximum atomic E-state index is 12.8. The molecule has 4 saturated carbocycles. The minimum atomic E-state index is -0.249. The third-order valence-corrected chi connectivity index (χ3v) is 7.22. The normalized spacial score (nSPS) is 40.6. The molecule has 1 atom stereocenters. The molecule has 0 aromatic carbocycles. The van der Waals surface area contributed by atoms with Gasteiger partial charge in [0, 0.05) is 12.6 Å². The predicted octanol–water partition coefficient (Wildman–Crippen LogP) is 3.54. The number of carbonyl (C=O) groups excluding carboxylic acids is 2. The van der Waals surface area contributed by atoms with Gasteiger partial charge in [0.1, 0.15) is 0 Å². The van der Waals surface area contributed by atoms with Crippen molar-refractivity contribution in [2.75, 3.05) is 13.2 Å². The molecule has 1 aliphatic heterocycles. The van der Waals surface area contributed by atoms with Crippen LogP contribution in [0.1, 0.15) is 71.1 Å². The molecule has 0 aromatic heterocycles. The number of ether oxygens (including phenoxy) is 1. The number of esters is 1. The van der Waals surface area contributed by atoms with Crippen molar-refractivity contribution >= 4 is 11.9 Å². The smallest absolute Gasteiger partial charge is 0.312 e. The van der Waals surface area contributed by atoms with Crippen molar-refractivity contribution < 1.29 is 14.3 Å². The first-order valence-corrected chi connectivity index (χ1v) is 10.1. The molecule has 5 aliphatic rings. The first-order chi connectivity index (χ1) is 11.6. The molecule has 4 bridgehead atoms. The number of hydrogen-bond acceptors (Lipinski definition) is 3. The zero-order valence-electron chi connectivity index (χ0n) is 15.0. The summed E-state index contributed by atoms with van der Waals surface area (Å²) in [5, 5.41) is 0. The summed E-state index contributed by atoms with van der Waals surface area (Å²) in [6, 6.07) is 0.338. The lowest BCUT2D eigenvalue weighted by atomic mass is 9.49. The second kappa shape index (κ2) is 6.34. The lowest BCUT2D eigenvalue weighted by molar-refractivity contribution is -0.175. The van der Waals surface area contributed by atoms with Gasteiger partial charge in [-0.15, -0.1) is 0 Å². The van der Waals surface area contributed by atoms with Crippen LogP contribution in [0, 0.1) is 23.2 Å². The largest absolute Gasteiger partial charge is 0.455 e. The van der Waals surface area contributed by atoms with E-state index >= 15 is 0 Å². The molecular weight excluding hydrogens is 302 g/mol. The first-order valence-electron chi connectivity index (χ1n) is 10.1. The van der Waals surface area contributed by atoms with Gasteiger partial charge >= 0.3 is 5.97 Å². The highest BCUT2D eigenvalue weighted by Crippen LogP contribution is 2.60. The molecule has 0 N–H and O–H groups in total. The second-order valence-electron chi connectivity index (χ2n) is 8.92. The molecule has 5 fully saturated rings. The number of amides is 1. The van der Waals surface area contributed by atoms with E-state index in [0.717, 1.165) is 62.8 Å². The maximum Gasteiger partial charge on any atom is 0.312 e. The Kier molecular flexibility index (Phi) is 4.34. The molecule has 1 saturated heterocycles. The van der Waals surface area contributed by atoms with Crippen LogP contribution < -0.4 is 0 Å². The summed E-state index contributed by atoms with van der Waals surface area (Å²) >= 11 is 0. The van der Waals surface area contributed by atoms with Crippen molar-refractivity contribution in [1.82, 2.24) is 4.90 Å². The SMILES string of the molecule is CCC1CCCCN1C(=O)COC(=O)C12CC3CC(CC(C3)C1)C2. The third-order valence-electron chi connectivity index (χ3n) is 7.22. The van der Waals surface area contributed by atoms with Crippen LogP contribution in [0.25, 0.3) is 0 Å². The summed E-state index contributed by atoms with van der Waals surface area (Å²) in [7, 11) is 0. The van der Waals surface area contributed by atoms with E-state index in [1.807, 2.05) is 4.90 Å². The van der Waals surface area contributed by atoms with Crippen LogP contribution >= 0.6 is 0 Å². The quantitative estimate of drug-likeness (QED) is 0.739. The van der Waals surface area contributed by atoms with E-state index < -0.39 is 0 Å². The molecule has 24 heavy (non-hydrogen) atoms. The van der Waals surface area contributed by atoms with Gasteiger partial charge in [0.25, 0.3) is 5.91 Å². The summed E-state index contributed by atoms with van der Waals surface area (Å²) in [6.45, 7) is 2.92. The molecule has 1 amide bonds. The van der Waals surface area contributed by atoms with Crippen molar-refractivity contribution in [3.05, 3.63) is 0 Å². The minimum absolute atomic E-state index is 0.0135. The average Bonchev–Trinajstić information content (AvgIpc) is 2.58. The molecule has 0 spiro atoms. The summed E-state index contributed by atoms with van der Waals surface area (Å²) in [6.07, 6.45) is 11.3. The van der Waals surface area contributed by atoms with E-state index in [1.54, 1.807) is 0 Å². The van der Waals surface area contributed by atoms with Gasteiger partial charge in [-0.2, -0.15) is 0 Å². The van der Waals surface area contributed by atoms with Crippen molar-refractivity contribution in [2.24, 2.45) is 23.2 Å². The highest BCUT2D eigenvalue weighted by molar-refractivity contribution is 5.83.